The molecule has 0 unspecified atom stereocenters. The lowest BCUT2D eigenvalue weighted by atomic mass is 9.99. The fourth-order valence-corrected chi connectivity index (χ4v) is 6.25. The highest BCUT2D eigenvalue weighted by molar-refractivity contribution is 6.06. The van der Waals surface area contributed by atoms with E-state index in [1.807, 2.05) is 68.4 Å². The molecule has 0 radical (unpaired) electrons. The highest BCUT2D eigenvalue weighted by Gasteiger charge is 2.23. The number of amides is 1. The molecule has 49 heavy (non-hydrogen) atoms. The summed E-state index contributed by atoms with van der Waals surface area (Å²) in [5, 5.41) is 6.86. The fraction of sp³-hybridized carbons (Fsp3) is 0.405. The van der Waals surface area contributed by atoms with Crippen molar-refractivity contribution in [3.63, 3.8) is 0 Å². The van der Waals surface area contributed by atoms with Crippen molar-refractivity contribution in [3.8, 4) is 11.5 Å². The number of ether oxygens (including phenoxy) is 2. The van der Waals surface area contributed by atoms with Gasteiger partial charge in [0.15, 0.2) is 11.5 Å². The summed E-state index contributed by atoms with van der Waals surface area (Å²) in [4.78, 5) is 36.6. The van der Waals surface area contributed by atoms with E-state index in [-0.39, 0.29) is 5.91 Å². The van der Waals surface area contributed by atoms with Crippen LogP contribution in [0.25, 0.3) is 0 Å². The van der Waals surface area contributed by atoms with E-state index < -0.39 is 0 Å². The number of hydrogen-bond acceptors (Lipinski definition) is 11. The maximum absolute atomic E-state index is 13.4. The monoisotopic (exact) mass is 665 g/mol. The lowest BCUT2D eigenvalue weighted by Gasteiger charge is -2.32. The third-order valence-electron chi connectivity index (χ3n) is 9.21. The first-order valence-corrected chi connectivity index (χ1v) is 16.9. The van der Waals surface area contributed by atoms with Crippen molar-refractivity contribution in [1.82, 2.24) is 24.8 Å². The number of aryl methyl sites for hydroxylation is 1. The van der Waals surface area contributed by atoms with E-state index in [0.29, 0.717) is 55.5 Å². The molecule has 0 bridgehead atoms. The van der Waals surface area contributed by atoms with Gasteiger partial charge in [-0.3, -0.25) is 9.69 Å². The van der Waals surface area contributed by atoms with E-state index in [0.717, 1.165) is 67.3 Å². The van der Waals surface area contributed by atoms with Gasteiger partial charge in [0.2, 0.25) is 17.8 Å². The molecule has 3 heterocycles. The Morgan fingerprint density at radius 1 is 0.857 bits per heavy atom. The normalized spacial score (nSPS) is 15.0. The second-order valence-electron chi connectivity index (χ2n) is 12.6. The average Bonchev–Trinajstić information content (AvgIpc) is 3.13. The van der Waals surface area contributed by atoms with E-state index in [1.54, 1.807) is 19.1 Å². The highest BCUT2D eigenvalue weighted by Crippen LogP contribution is 2.34. The molecule has 2 N–H and O–H groups in total. The quantitative estimate of drug-likeness (QED) is 0.221. The molecule has 0 spiro atoms. The Hall–Kier alpha value is -4.94. The molecule has 3 aromatic carbocycles. The number of carbonyl (C=O) groups is 1. The van der Waals surface area contributed by atoms with Gasteiger partial charge in [0.25, 0.3) is 5.91 Å². The lowest BCUT2D eigenvalue weighted by Crippen LogP contribution is -2.46. The minimum absolute atomic E-state index is 0.0232. The summed E-state index contributed by atoms with van der Waals surface area (Å²) in [5.41, 5.74) is 6.07. The summed E-state index contributed by atoms with van der Waals surface area (Å²) in [6.45, 7) is 11.2. The van der Waals surface area contributed by atoms with Gasteiger partial charge in [-0.2, -0.15) is 15.0 Å². The molecule has 258 valence electrons. The van der Waals surface area contributed by atoms with Crippen LogP contribution in [0.15, 0.2) is 60.7 Å². The number of rotatable bonds is 12. The number of benzene rings is 3. The smallest absolute Gasteiger partial charge is 0.258 e. The van der Waals surface area contributed by atoms with Crippen LogP contribution >= 0.6 is 0 Å². The highest BCUT2D eigenvalue weighted by atomic mass is 16.5. The van der Waals surface area contributed by atoms with Crippen LogP contribution in [0.2, 0.25) is 0 Å². The molecule has 2 aliphatic rings. The number of hydrogen-bond donors (Lipinski definition) is 2. The second kappa shape index (κ2) is 15.5. The van der Waals surface area contributed by atoms with Crippen LogP contribution in [-0.4, -0.2) is 97.9 Å². The van der Waals surface area contributed by atoms with Crippen LogP contribution in [0.3, 0.4) is 0 Å². The molecular weight excluding hydrogens is 618 g/mol. The maximum Gasteiger partial charge on any atom is 0.258 e. The predicted molar refractivity (Wildman–Crippen MR) is 194 cm³/mol. The molecule has 6 rings (SSSR count). The topological polar surface area (TPSA) is 111 Å². The van der Waals surface area contributed by atoms with Crippen molar-refractivity contribution < 1.29 is 14.3 Å². The Morgan fingerprint density at radius 2 is 1.55 bits per heavy atom. The number of fused-ring (bicyclic) bond motifs is 1. The minimum atomic E-state index is -0.0232. The Balaban J connectivity index is 1.18. The zero-order valence-electron chi connectivity index (χ0n) is 29.2. The van der Waals surface area contributed by atoms with Gasteiger partial charge in [-0.25, -0.2) is 0 Å². The van der Waals surface area contributed by atoms with Crippen LogP contribution in [-0.2, 0) is 19.5 Å². The van der Waals surface area contributed by atoms with Gasteiger partial charge >= 0.3 is 0 Å². The largest absolute Gasteiger partial charge is 0.493 e. The summed E-state index contributed by atoms with van der Waals surface area (Å²) >= 11 is 0. The Morgan fingerprint density at radius 3 is 2.22 bits per heavy atom. The molecular formula is C37H47N9O3. The molecule has 0 atom stereocenters. The molecule has 4 aromatic rings. The van der Waals surface area contributed by atoms with E-state index in [9.17, 15) is 4.79 Å². The molecule has 12 heteroatoms. The molecule has 1 aromatic heterocycles. The van der Waals surface area contributed by atoms with Gasteiger partial charge in [0.05, 0.1) is 20.9 Å². The van der Waals surface area contributed by atoms with Crippen molar-refractivity contribution in [2.75, 3.05) is 87.6 Å². The van der Waals surface area contributed by atoms with Crippen LogP contribution in [0, 0.1) is 6.92 Å². The first kappa shape index (κ1) is 33.9. The standard InChI is InChI=1S/C37H47N9O3/c1-6-46(31-9-7-8-26(2)20-31)34(47)28-12-10-27(11-13-28)23-38-35-40-36(39-25-44-18-16-43(3)17-19-44)42-37(41-35)45-15-14-29-21-32(48-4)33(49-5)22-30(29)24-45/h7-13,20-22H,6,14-19,23-25H2,1-5H3,(H2,38,39,40,41,42). The summed E-state index contributed by atoms with van der Waals surface area (Å²) in [6, 6.07) is 19.8. The van der Waals surface area contributed by atoms with Crippen LogP contribution in [0.4, 0.5) is 23.5 Å². The van der Waals surface area contributed by atoms with Gasteiger partial charge in [0.1, 0.15) is 0 Å². The number of aromatic nitrogens is 3. The second-order valence-corrected chi connectivity index (χ2v) is 12.6. The fourth-order valence-electron chi connectivity index (χ4n) is 6.25. The number of anilines is 4. The Labute approximate surface area is 289 Å². The molecule has 1 fully saturated rings. The van der Waals surface area contributed by atoms with Crippen molar-refractivity contribution in [2.24, 2.45) is 0 Å². The predicted octanol–water partition coefficient (Wildman–Crippen LogP) is 4.66. The number of nitrogens with one attached hydrogen (secondary N) is 2. The SMILES string of the molecule is CCN(C(=O)c1ccc(CNc2nc(NCN3CCN(C)CC3)nc(N3CCc4cc(OC)c(OC)cc4C3)n2)cc1)c1cccc(C)c1. The first-order chi connectivity index (χ1) is 23.8. The van der Waals surface area contributed by atoms with Crippen molar-refractivity contribution >= 4 is 29.4 Å². The number of carbonyl (C=O) groups excluding carboxylic acids is 1. The lowest BCUT2D eigenvalue weighted by molar-refractivity contribution is 0.0988. The average molecular weight is 666 g/mol. The number of nitrogens with zero attached hydrogens (tertiary/aromatic N) is 7. The molecule has 12 nitrogen and oxygen atoms in total. The molecule has 2 aliphatic heterocycles. The van der Waals surface area contributed by atoms with Crippen LogP contribution in [0.1, 0.15) is 39.5 Å². The number of methoxy groups -OCH3 is 2. The zero-order chi connectivity index (χ0) is 34.3. The van der Waals surface area contributed by atoms with Gasteiger partial charge in [-0.1, -0.05) is 24.3 Å². The molecule has 1 amide bonds. The van der Waals surface area contributed by atoms with Crippen LogP contribution < -0.4 is 29.9 Å². The Kier molecular flexibility index (Phi) is 10.8. The van der Waals surface area contributed by atoms with Gasteiger partial charge < -0.3 is 34.8 Å². The van der Waals surface area contributed by atoms with Gasteiger partial charge in [0, 0.05) is 63.6 Å². The zero-order valence-corrected chi connectivity index (χ0v) is 29.2. The van der Waals surface area contributed by atoms with Crippen molar-refractivity contribution in [1.29, 1.82) is 0 Å². The molecule has 0 saturated carbocycles. The van der Waals surface area contributed by atoms with E-state index in [1.165, 1.54) is 5.56 Å². The maximum atomic E-state index is 13.4. The van der Waals surface area contributed by atoms with E-state index in [4.69, 9.17) is 24.4 Å². The van der Waals surface area contributed by atoms with Crippen molar-refractivity contribution in [3.05, 3.63) is 88.5 Å². The number of piperazine rings is 1. The third kappa shape index (κ3) is 8.21. The first-order valence-electron chi connectivity index (χ1n) is 16.9. The Bertz CT molecular complexity index is 1740. The third-order valence-corrected chi connectivity index (χ3v) is 9.21. The van der Waals surface area contributed by atoms with Crippen LogP contribution in [0.5, 0.6) is 11.5 Å². The van der Waals surface area contributed by atoms with E-state index in [2.05, 4.69) is 38.4 Å². The van der Waals surface area contributed by atoms with Gasteiger partial charge in [-0.15, -0.1) is 0 Å². The summed E-state index contributed by atoms with van der Waals surface area (Å²) in [6.07, 6.45) is 0.832. The van der Waals surface area contributed by atoms with Crippen molar-refractivity contribution in [2.45, 2.75) is 33.4 Å². The molecule has 0 aliphatic carbocycles. The summed E-state index contributed by atoms with van der Waals surface area (Å²) in [7, 11) is 5.47. The molecule has 1 saturated heterocycles. The summed E-state index contributed by atoms with van der Waals surface area (Å²) in [5.74, 6) is 3.05. The summed E-state index contributed by atoms with van der Waals surface area (Å²) < 4.78 is 11.1. The van der Waals surface area contributed by atoms with Gasteiger partial charge in [-0.05, 0) is 86.0 Å². The minimum Gasteiger partial charge on any atom is -0.493 e. The number of likely N-dealkylation sites (N-methyl/N-ethyl adjacent to an activating group) is 1. The van der Waals surface area contributed by atoms with E-state index >= 15 is 0 Å².